The highest BCUT2D eigenvalue weighted by Crippen LogP contribution is 2.37. The Labute approximate surface area is 157 Å². The van der Waals surface area contributed by atoms with Gasteiger partial charge < -0.3 is 20.3 Å². The molecule has 3 amide bonds. The summed E-state index contributed by atoms with van der Waals surface area (Å²) >= 11 is 0. The molecule has 1 aliphatic heterocycles. The number of carbonyl (C=O) groups excluding carboxylic acids is 3. The molecule has 2 aromatic carbocycles. The normalized spacial score (nSPS) is 18.3. The lowest BCUT2D eigenvalue weighted by Crippen LogP contribution is -2.60. The van der Waals surface area contributed by atoms with Crippen LogP contribution in [0.4, 0.5) is 11.4 Å². The number of nitrogens with one attached hydrogen (secondary N) is 2. The number of ether oxygens (including phenoxy) is 1. The van der Waals surface area contributed by atoms with Crippen LogP contribution in [0.25, 0.3) is 0 Å². The van der Waals surface area contributed by atoms with Crippen LogP contribution in [0.2, 0.25) is 0 Å². The summed E-state index contributed by atoms with van der Waals surface area (Å²) in [7, 11) is 1.53. The van der Waals surface area contributed by atoms with Crippen molar-refractivity contribution in [1.29, 1.82) is 0 Å². The molecule has 0 aliphatic carbocycles. The van der Waals surface area contributed by atoms with E-state index in [0.717, 1.165) is 0 Å². The fourth-order valence-corrected chi connectivity index (χ4v) is 2.99. The topological polar surface area (TPSA) is 87.7 Å². The van der Waals surface area contributed by atoms with E-state index in [0.29, 0.717) is 29.2 Å². The molecule has 0 fully saturated rings. The van der Waals surface area contributed by atoms with Crippen LogP contribution < -0.4 is 20.3 Å². The van der Waals surface area contributed by atoms with Gasteiger partial charge in [0.15, 0.2) is 0 Å². The van der Waals surface area contributed by atoms with Gasteiger partial charge in [0.05, 0.1) is 5.69 Å². The van der Waals surface area contributed by atoms with Crippen LogP contribution in [-0.4, -0.2) is 36.9 Å². The lowest BCUT2D eigenvalue weighted by atomic mass is 9.99. The summed E-state index contributed by atoms with van der Waals surface area (Å²) in [5.74, 6) is -0.845. The third-order valence-electron chi connectivity index (χ3n) is 4.48. The minimum Gasteiger partial charge on any atom is -0.465 e. The maximum absolute atomic E-state index is 13.0. The van der Waals surface area contributed by atoms with Crippen LogP contribution in [0.5, 0.6) is 5.75 Å². The fraction of sp³-hybridized carbons (Fsp3) is 0.250. The molecule has 2 N–H and O–H groups in total. The number of benzene rings is 2. The quantitative estimate of drug-likeness (QED) is 0.811. The highest BCUT2D eigenvalue weighted by atomic mass is 16.5. The van der Waals surface area contributed by atoms with Crippen molar-refractivity contribution in [3.63, 3.8) is 0 Å². The van der Waals surface area contributed by atoms with Gasteiger partial charge in [-0.2, -0.15) is 0 Å². The van der Waals surface area contributed by atoms with E-state index in [1.54, 1.807) is 42.5 Å². The molecule has 0 saturated carbocycles. The molecular weight excluding hydrogens is 346 g/mol. The average molecular weight is 367 g/mol. The number of carbonyl (C=O) groups is 3. The van der Waals surface area contributed by atoms with Crippen molar-refractivity contribution in [2.45, 2.75) is 19.4 Å². The molecule has 7 nitrogen and oxygen atoms in total. The molecule has 7 heteroatoms. The van der Waals surface area contributed by atoms with Gasteiger partial charge in [0, 0.05) is 24.8 Å². The number of likely N-dealkylation sites (N-methyl/N-ethyl adjacent to an activating group) is 1. The largest absolute Gasteiger partial charge is 0.465 e. The van der Waals surface area contributed by atoms with E-state index in [1.807, 2.05) is 13.0 Å². The molecule has 3 rings (SSSR count). The first-order valence-electron chi connectivity index (χ1n) is 8.64. The van der Waals surface area contributed by atoms with E-state index in [2.05, 4.69) is 10.6 Å². The first-order chi connectivity index (χ1) is 12.9. The molecule has 27 heavy (non-hydrogen) atoms. The van der Waals surface area contributed by atoms with Crippen LogP contribution >= 0.6 is 0 Å². The van der Waals surface area contributed by atoms with Gasteiger partial charge in [-0.05, 0) is 44.2 Å². The summed E-state index contributed by atoms with van der Waals surface area (Å²) in [5.41, 5.74) is -0.276. The zero-order valence-corrected chi connectivity index (χ0v) is 15.4. The predicted octanol–water partition coefficient (Wildman–Crippen LogP) is 2.19. The minimum atomic E-state index is -1.71. The number of anilines is 2. The van der Waals surface area contributed by atoms with Gasteiger partial charge in [0.2, 0.25) is 0 Å². The first-order valence-corrected chi connectivity index (χ1v) is 8.64. The van der Waals surface area contributed by atoms with Crippen molar-refractivity contribution in [3.05, 3.63) is 54.1 Å². The molecule has 1 aliphatic rings. The van der Waals surface area contributed by atoms with E-state index >= 15 is 0 Å². The Morgan fingerprint density at radius 2 is 1.89 bits per heavy atom. The van der Waals surface area contributed by atoms with Gasteiger partial charge in [-0.3, -0.25) is 14.4 Å². The van der Waals surface area contributed by atoms with Crippen molar-refractivity contribution >= 4 is 29.1 Å². The Morgan fingerprint density at radius 1 is 1.15 bits per heavy atom. The SMILES string of the molecule is CCN1C(=O)C(C)(C(=O)Nc2cccc(C(=O)NC)c2)Oc2ccccc21. The van der Waals surface area contributed by atoms with Crippen LogP contribution in [0.1, 0.15) is 24.2 Å². The van der Waals surface area contributed by atoms with Gasteiger partial charge in [-0.25, -0.2) is 0 Å². The number of hydrogen-bond acceptors (Lipinski definition) is 4. The van der Waals surface area contributed by atoms with E-state index in [9.17, 15) is 14.4 Å². The van der Waals surface area contributed by atoms with Crippen molar-refractivity contribution in [2.24, 2.45) is 0 Å². The number of para-hydroxylation sites is 2. The second kappa shape index (κ2) is 7.11. The summed E-state index contributed by atoms with van der Waals surface area (Å²) in [5, 5.41) is 5.21. The molecule has 1 unspecified atom stereocenters. The molecule has 1 heterocycles. The zero-order valence-electron chi connectivity index (χ0n) is 15.4. The lowest BCUT2D eigenvalue weighted by molar-refractivity contribution is -0.145. The standard InChI is InChI=1S/C20H21N3O4/c1-4-23-15-10-5-6-11-16(15)27-20(2,19(23)26)18(25)22-14-9-7-8-13(12-14)17(24)21-3/h5-12H,4H2,1-3H3,(H,21,24)(H,22,25). The molecule has 0 saturated heterocycles. The summed E-state index contributed by atoms with van der Waals surface area (Å²) in [4.78, 5) is 39.2. The molecule has 2 aromatic rings. The van der Waals surface area contributed by atoms with E-state index in [-0.39, 0.29) is 5.91 Å². The van der Waals surface area contributed by atoms with Gasteiger partial charge in [0.1, 0.15) is 5.75 Å². The Hall–Kier alpha value is -3.35. The number of rotatable bonds is 4. The fourth-order valence-electron chi connectivity index (χ4n) is 2.99. The molecule has 0 spiro atoms. The summed E-state index contributed by atoms with van der Waals surface area (Å²) < 4.78 is 5.81. The van der Waals surface area contributed by atoms with E-state index in [4.69, 9.17) is 4.74 Å². The molecule has 1 atom stereocenters. The van der Waals surface area contributed by atoms with Crippen molar-refractivity contribution in [1.82, 2.24) is 5.32 Å². The van der Waals surface area contributed by atoms with E-state index < -0.39 is 17.4 Å². The van der Waals surface area contributed by atoms with Gasteiger partial charge in [-0.15, -0.1) is 0 Å². The second-order valence-corrected chi connectivity index (χ2v) is 6.27. The smallest absolute Gasteiger partial charge is 0.280 e. The number of nitrogens with zero attached hydrogens (tertiary/aromatic N) is 1. The van der Waals surface area contributed by atoms with Crippen molar-refractivity contribution in [3.8, 4) is 5.75 Å². The number of hydrogen-bond donors (Lipinski definition) is 2. The maximum Gasteiger partial charge on any atom is 0.280 e. The zero-order chi connectivity index (χ0) is 19.6. The molecule has 140 valence electrons. The molecular formula is C20H21N3O4. The Kier molecular flexibility index (Phi) is 4.85. The highest BCUT2D eigenvalue weighted by molar-refractivity contribution is 6.19. The molecule has 0 radical (unpaired) electrons. The summed E-state index contributed by atoms with van der Waals surface area (Å²) in [6, 6.07) is 13.6. The molecule has 0 aromatic heterocycles. The van der Waals surface area contributed by atoms with E-state index in [1.165, 1.54) is 18.9 Å². The second-order valence-electron chi connectivity index (χ2n) is 6.27. The lowest BCUT2D eigenvalue weighted by Gasteiger charge is -2.39. The first kappa shape index (κ1) is 18.4. The van der Waals surface area contributed by atoms with Crippen LogP contribution in [0.3, 0.4) is 0 Å². The van der Waals surface area contributed by atoms with Crippen LogP contribution in [-0.2, 0) is 9.59 Å². The van der Waals surface area contributed by atoms with Crippen molar-refractivity contribution < 1.29 is 19.1 Å². The van der Waals surface area contributed by atoms with Crippen LogP contribution in [0.15, 0.2) is 48.5 Å². The monoisotopic (exact) mass is 367 g/mol. The Balaban J connectivity index is 1.90. The molecule has 0 bridgehead atoms. The Morgan fingerprint density at radius 3 is 2.59 bits per heavy atom. The highest BCUT2D eigenvalue weighted by Gasteiger charge is 2.50. The summed E-state index contributed by atoms with van der Waals surface area (Å²) in [6.07, 6.45) is 0. The third kappa shape index (κ3) is 3.23. The van der Waals surface area contributed by atoms with Gasteiger partial charge in [-0.1, -0.05) is 18.2 Å². The van der Waals surface area contributed by atoms with Gasteiger partial charge in [0.25, 0.3) is 23.3 Å². The minimum absolute atomic E-state index is 0.270. The predicted molar refractivity (Wildman–Crippen MR) is 102 cm³/mol. The Bertz CT molecular complexity index is 912. The average Bonchev–Trinajstić information content (AvgIpc) is 2.68. The maximum atomic E-state index is 13.0. The third-order valence-corrected chi connectivity index (χ3v) is 4.48. The number of amides is 3. The summed E-state index contributed by atoms with van der Waals surface area (Å²) in [6.45, 7) is 3.70. The van der Waals surface area contributed by atoms with Gasteiger partial charge >= 0.3 is 0 Å². The number of fused-ring (bicyclic) bond motifs is 1. The van der Waals surface area contributed by atoms with Crippen molar-refractivity contribution in [2.75, 3.05) is 23.8 Å². The van der Waals surface area contributed by atoms with Crippen LogP contribution in [0, 0.1) is 0 Å².